The average Bonchev–Trinajstić information content (AvgIpc) is 2.49. The van der Waals surface area contributed by atoms with Gasteiger partial charge in [0.2, 0.25) is 0 Å². The van der Waals surface area contributed by atoms with Gasteiger partial charge in [-0.2, -0.15) is 0 Å². The molecule has 2 heteroatoms. The van der Waals surface area contributed by atoms with Crippen molar-refractivity contribution in [3.63, 3.8) is 0 Å². The standard InChI is InChI=1S/C18H20ClN/c1-2-18(20,16-10-12-17(19)13-11-16)14-6-9-15-7-4-3-5-8-15/h3-13H,2,14,20H2,1H3. The highest BCUT2D eigenvalue weighted by atomic mass is 35.5. The Bertz CT molecular complexity index is 560. The van der Waals surface area contributed by atoms with Gasteiger partial charge in [0.1, 0.15) is 0 Å². The van der Waals surface area contributed by atoms with Gasteiger partial charge in [0.15, 0.2) is 0 Å². The van der Waals surface area contributed by atoms with Crippen LogP contribution < -0.4 is 5.73 Å². The minimum atomic E-state index is -0.337. The predicted octanol–water partition coefficient (Wildman–Crippen LogP) is 5.01. The van der Waals surface area contributed by atoms with Crippen LogP contribution in [0.5, 0.6) is 0 Å². The van der Waals surface area contributed by atoms with Crippen LogP contribution in [-0.2, 0) is 5.54 Å². The van der Waals surface area contributed by atoms with Crippen LogP contribution in [0.25, 0.3) is 6.08 Å². The van der Waals surface area contributed by atoms with E-state index in [2.05, 4.69) is 31.2 Å². The molecule has 1 nitrogen and oxygen atoms in total. The molecule has 0 spiro atoms. The van der Waals surface area contributed by atoms with Crippen LogP contribution in [0.15, 0.2) is 60.7 Å². The van der Waals surface area contributed by atoms with Gasteiger partial charge in [-0.3, -0.25) is 0 Å². The lowest BCUT2D eigenvalue weighted by Crippen LogP contribution is -2.35. The van der Waals surface area contributed by atoms with Crippen molar-refractivity contribution in [2.45, 2.75) is 25.3 Å². The Morgan fingerprint density at radius 3 is 2.30 bits per heavy atom. The molecule has 20 heavy (non-hydrogen) atoms. The molecule has 0 saturated carbocycles. The highest BCUT2D eigenvalue weighted by Gasteiger charge is 2.23. The molecule has 0 amide bonds. The zero-order valence-corrected chi connectivity index (χ0v) is 12.5. The zero-order valence-electron chi connectivity index (χ0n) is 11.7. The van der Waals surface area contributed by atoms with E-state index in [1.807, 2.05) is 42.5 Å². The summed E-state index contributed by atoms with van der Waals surface area (Å²) < 4.78 is 0. The third-order valence-electron chi connectivity index (χ3n) is 3.64. The van der Waals surface area contributed by atoms with Crippen LogP contribution >= 0.6 is 11.6 Å². The Labute approximate surface area is 126 Å². The molecule has 2 N–H and O–H groups in total. The van der Waals surface area contributed by atoms with Crippen LogP contribution in [0.4, 0.5) is 0 Å². The Hall–Kier alpha value is -1.57. The van der Waals surface area contributed by atoms with Gasteiger partial charge in [0.05, 0.1) is 0 Å². The van der Waals surface area contributed by atoms with Gasteiger partial charge >= 0.3 is 0 Å². The first kappa shape index (κ1) is 14.8. The zero-order chi connectivity index (χ0) is 14.4. The van der Waals surface area contributed by atoms with Crippen LogP contribution in [0.1, 0.15) is 30.9 Å². The summed E-state index contributed by atoms with van der Waals surface area (Å²) in [6.07, 6.45) is 5.95. The molecule has 1 unspecified atom stereocenters. The van der Waals surface area contributed by atoms with Gasteiger partial charge in [-0.1, -0.05) is 73.1 Å². The van der Waals surface area contributed by atoms with Crippen molar-refractivity contribution in [1.29, 1.82) is 0 Å². The van der Waals surface area contributed by atoms with E-state index in [1.165, 1.54) is 5.56 Å². The van der Waals surface area contributed by atoms with Crippen molar-refractivity contribution in [1.82, 2.24) is 0 Å². The van der Waals surface area contributed by atoms with Gasteiger partial charge in [-0.25, -0.2) is 0 Å². The summed E-state index contributed by atoms with van der Waals surface area (Å²) in [6, 6.07) is 18.1. The second-order valence-corrected chi connectivity index (χ2v) is 5.47. The molecule has 0 aliphatic rings. The molecular weight excluding hydrogens is 266 g/mol. The van der Waals surface area contributed by atoms with E-state index < -0.39 is 0 Å². The third-order valence-corrected chi connectivity index (χ3v) is 3.89. The first-order valence-electron chi connectivity index (χ1n) is 6.90. The van der Waals surface area contributed by atoms with Crippen molar-refractivity contribution in [3.05, 3.63) is 76.8 Å². The van der Waals surface area contributed by atoms with Gasteiger partial charge in [0.25, 0.3) is 0 Å². The smallest absolute Gasteiger partial charge is 0.0441 e. The quantitative estimate of drug-likeness (QED) is 0.821. The molecule has 0 fully saturated rings. The maximum Gasteiger partial charge on any atom is 0.0441 e. The molecule has 1 atom stereocenters. The second kappa shape index (κ2) is 6.74. The molecule has 0 aliphatic heterocycles. The van der Waals surface area contributed by atoms with Gasteiger partial charge in [-0.05, 0) is 36.1 Å². The Balaban J connectivity index is 2.11. The maximum atomic E-state index is 6.54. The summed E-state index contributed by atoms with van der Waals surface area (Å²) in [4.78, 5) is 0. The maximum absolute atomic E-state index is 6.54. The average molecular weight is 286 g/mol. The number of nitrogens with two attached hydrogens (primary N) is 1. The normalized spacial score (nSPS) is 14.3. The van der Waals surface area contributed by atoms with Crippen molar-refractivity contribution in [3.8, 4) is 0 Å². The lowest BCUT2D eigenvalue weighted by molar-refractivity contribution is 0.434. The number of rotatable bonds is 5. The largest absolute Gasteiger partial charge is 0.321 e. The molecule has 0 radical (unpaired) electrons. The van der Waals surface area contributed by atoms with Gasteiger partial charge < -0.3 is 5.73 Å². The van der Waals surface area contributed by atoms with Crippen LogP contribution in [0, 0.1) is 0 Å². The fraction of sp³-hybridized carbons (Fsp3) is 0.222. The second-order valence-electron chi connectivity index (χ2n) is 5.03. The summed E-state index contributed by atoms with van der Waals surface area (Å²) in [5.41, 5.74) is 8.52. The SMILES string of the molecule is CCC(N)(CC=Cc1ccccc1)c1ccc(Cl)cc1. The van der Waals surface area contributed by atoms with Gasteiger partial charge in [0, 0.05) is 10.6 Å². The lowest BCUT2D eigenvalue weighted by Gasteiger charge is -2.27. The molecule has 0 saturated heterocycles. The molecule has 0 bridgehead atoms. The Morgan fingerprint density at radius 1 is 1.05 bits per heavy atom. The number of hydrogen-bond donors (Lipinski definition) is 1. The summed E-state index contributed by atoms with van der Waals surface area (Å²) in [5.74, 6) is 0. The van der Waals surface area contributed by atoms with E-state index >= 15 is 0 Å². The lowest BCUT2D eigenvalue weighted by atomic mass is 9.85. The molecule has 2 rings (SSSR count). The molecule has 2 aromatic rings. The summed E-state index contributed by atoms with van der Waals surface area (Å²) in [7, 11) is 0. The molecule has 0 aliphatic carbocycles. The fourth-order valence-corrected chi connectivity index (χ4v) is 2.34. The number of benzene rings is 2. The predicted molar refractivity (Wildman–Crippen MR) is 87.7 cm³/mol. The minimum Gasteiger partial charge on any atom is -0.321 e. The van der Waals surface area contributed by atoms with E-state index in [1.54, 1.807) is 0 Å². The Morgan fingerprint density at radius 2 is 1.70 bits per heavy atom. The number of halogens is 1. The van der Waals surface area contributed by atoms with E-state index in [-0.39, 0.29) is 5.54 Å². The summed E-state index contributed by atoms with van der Waals surface area (Å²) in [5, 5.41) is 0.743. The number of hydrogen-bond acceptors (Lipinski definition) is 1. The van der Waals surface area contributed by atoms with Crippen molar-refractivity contribution < 1.29 is 0 Å². The summed E-state index contributed by atoms with van der Waals surface area (Å²) >= 11 is 5.93. The molecule has 104 valence electrons. The third kappa shape index (κ3) is 3.72. The Kier molecular flexibility index (Phi) is 4.99. The summed E-state index contributed by atoms with van der Waals surface area (Å²) in [6.45, 7) is 2.12. The first-order valence-corrected chi connectivity index (χ1v) is 7.28. The van der Waals surface area contributed by atoms with E-state index in [0.717, 1.165) is 23.4 Å². The first-order chi connectivity index (χ1) is 9.64. The fourth-order valence-electron chi connectivity index (χ4n) is 2.22. The van der Waals surface area contributed by atoms with Crippen LogP contribution in [0.3, 0.4) is 0 Å². The van der Waals surface area contributed by atoms with Crippen LogP contribution in [0.2, 0.25) is 5.02 Å². The van der Waals surface area contributed by atoms with E-state index in [4.69, 9.17) is 17.3 Å². The highest BCUT2D eigenvalue weighted by molar-refractivity contribution is 6.30. The molecule has 0 aromatic heterocycles. The topological polar surface area (TPSA) is 26.0 Å². The highest BCUT2D eigenvalue weighted by Crippen LogP contribution is 2.27. The molecular formula is C18H20ClN. The van der Waals surface area contributed by atoms with Gasteiger partial charge in [-0.15, -0.1) is 0 Å². The minimum absolute atomic E-state index is 0.337. The van der Waals surface area contributed by atoms with Crippen molar-refractivity contribution >= 4 is 17.7 Å². The van der Waals surface area contributed by atoms with Crippen molar-refractivity contribution in [2.24, 2.45) is 5.73 Å². The van der Waals surface area contributed by atoms with Crippen molar-refractivity contribution in [2.75, 3.05) is 0 Å². The van der Waals surface area contributed by atoms with E-state index in [9.17, 15) is 0 Å². The van der Waals surface area contributed by atoms with E-state index in [0.29, 0.717) is 0 Å². The molecule has 0 heterocycles. The monoisotopic (exact) mass is 285 g/mol. The van der Waals surface area contributed by atoms with Crippen LogP contribution in [-0.4, -0.2) is 0 Å². The molecule has 2 aromatic carbocycles.